The number of likely N-dealkylation sites (tertiary alicyclic amines) is 1. The summed E-state index contributed by atoms with van der Waals surface area (Å²) >= 11 is 0. The van der Waals surface area contributed by atoms with Crippen LogP contribution in [0.4, 0.5) is 4.39 Å². The zero-order valence-corrected chi connectivity index (χ0v) is 13.0. The minimum absolute atomic E-state index is 0.109. The summed E-state index contributed by atoms with van der Waals surface area (Å²) in [5.41, 5.74) is 2.97. The summed E-state index contributed by atoms with van der Waals surface area (Å²) in [6.45, 7) is 2.92. The van der Waals surface area contributed by atoms with E-state index >= 15 is 0 Å². The van der Waals surface area contributed by atoms with E-state index in [4.69, 9.17) is 0 Å². The van der Waals surface area contributed by atoms with Gasteiger partial charge in [0.1, 0.15) is 5.82 Å². The van der Waals surface area contributed by atoms with Gasteiger partial charge in [0.05, 0.1) is 0 Å². The van der Waals surface area contributed by atoms with Crippen LogP contribution in [0, 0.1) is 11.7 Å². The van der Waals surface area contributed by atoms with Crippen LogP contribution >= 0.6 is 0 Å². The molecule has 2 atom stereocenters. The molecule has 0 N–H and O–H groups in total. The van der Waals surface area contributed by atoms with Crippen LogP contribution in [0.3, 0.4) is 0 Å². The second-order valence-corrected chi connectivity index (χ2v) is 6.73. The molecule has 4 rings (SSSR count). The summed E-state index contributed by atoms with van der Waals surface area (Å²) in [6.07, 6.45) is 1.61. The minimum Gasteiger partial charge on any atom is -0.298 e. The maximum absolute atomic E-state index is 13.5. The molecule has 1 aliphatic carbocycles. The normalized spacial score (nSPS) is 24.1. The third-order valence-corrected chi connectivity index (χ3v) is 5.25. The highest BCUT2D eigenvalue weighted by molar-refractivity contribution is 5.99. The Morgan fingerprint density at radius 2 is 1.96 bits per heavy atom. The van der Waals surface area contributed by atoms with E-state index in [-0.39, 0.29) is 11.6 Å². The smallest absolute Gasteiger partial charge is 0.163 e. The fourth-order valence-electron chi connectivity index (χ4n) is 4.09. The fraction of sp³-hybridized carbons (Fsp3) is 0.350. The standard InChI is InChI=1S/C20H20FNO/c21-16-6-7-17-18(11-16)20(23)10-15-8-9-22(13-19(15)17)12-14-4-2-1-3-5-14/h1-7,11,15,19H,8-10,12-13H2/t15-,19-/m0/s1. The Hall–Kier alpha value is -2.00. The van der Waals surface area contributed by atoms with Crippen molar-refractivity contribution in [2.45, 2.75) is 25.3 Å². The Balaban J connectivity index is 1.58. The van der Waals surface area contributed by atoms with Crippen LogP contribution in [0.2, 0.25) is 0 Å². The van der Waals surface area contributed by atoms with Gasteiger partial charge in [-0.2, -0.15) is 0 Å². The molecule has 0 bridgehead atoms. The topological polar surface area (TPSA) is 20.3 Å². The van der Waals surface area contributed by atoms with Gasteiger partial charge in [0.15, 0.2) is 5.78 Å². The molecule has 2 aliphatic rings. The number of ketones is 1. The minimum atomic E-state index is -0.312. The lowest BCUT2D eigenvalue weighted by Gasteiger charge is -2.41. The number of piperidine rings is 1. The largest absolute Gasteiger partial charge is 0.298 e. The number of fused-ring (bicyclic) bond motifs is 3. The number of carbonyl (C=O) groups is 1. The molecule has 23 heavy (non-hydrogen) atoms. The number of rotatable bonds is 2. The average Bonchev–Trinajstić information content (AvgIpc) is 2.57. The van der Waals surface area contributed by atoms with Gasteiger partial charge in [0.2, 0.25) is 0 Å². The molecule has 0 radical (unpaired) electrons. The average molecular weight is 309 g/mol. The van der Waals surface area contributed by atoms with Crippen LogP contribution in [-0.4, -0.2) is 23.8 Å². The van der Waals surface area contributed by atoms with Crippen LogP contribution in [-0.2, 0) is 6.54 Å². The van der Waals surface area contributed by atoms with Crippen LogP contribution in [0.5, 0.6) is 0 Å². The number of halogens is 1. The number of benzene rings is 2. The SMILES string of the molecule is O=C1C[C@@H]2CCN(Cc3ccccc3)C[C@@H]2c2ccc(F)cc21. The number of hydrogen-bond donors (Lipinski definition) is 0. The summed E-state index contributed by atoms with van der Waals surface area (Å²) in [4.78, 5) is 14.7. The molecule has 1 fully saturated rings. The van der Waals surface area contributed by atoms with E-state index < -0.39 is 0 Å². The van der Waals surface area contributed by atoms with Crippen molar-refractivity contribution in [1.82, 2.24) is 4.90 Å². The molecule has 118 valence electrons. The van der Waals surface area contributed by atoms with Crippen LogP contribution in [0.25, 0.3) is 0 Å². The van der Waals surface area contributed by atoms with Gasteiger partial charge in [-0.25, -0.2) is 4.39 Å². The quantitative estimate of drug-likeness (QED) is 0.835. The second kappa shape index (κ2) is 5.89. The highest BCUT2D eigenvalue weighted by atomic mass is 19.1. The first-order valence-electron chi connectivity index (χ1n) is 8.29. The lowest BCUT2D eigenvalue weighted by Crippen LogP contribution is -2.42. The van der Waals surface area contributed by atoms with Crippen molar-refractivity contribution in [2.24, 2.45) is 5.92 Å². The molecule has 3 heteroatoms. The summed E-state index contributed by atoms with van der Waals surface area (Å²) < 4.78 is 13.5. The molecular weight excluding hydrogens is 289 g/mol. The summed E-state index contributed by atoms with van der Waals surface area (Å²) in [7, 11) is 0. The zero-order chi connectivity index (χ0) is 15.8. The third-order valence-electron chi connectivity index (χ3n) is 5.25. The van der Waals surface area contributed by atoms with E-state index in [1.165, 1.54) is 17.7 Å². The third kappa shape index (κ3) is 2.81. The monoisotopic (exact) mass is 309 g/mol. The first kappa shape index (κ1) is 14.6. The van der Waals surface area contributed by atoms with Gasteiger partial charge in [-0.1, -0.05) is 36.4 Å². The lowest BCUT2D eigenvalue weighted by atomic mass is 9.71. The molecule has 0 spiro atoms. The zero-order valence-electron chi connectivity index (χ0n) is 13.0. The number of Topliss-reactive ketones (excluding diaryl/α,β-unsaturated/α-hetero) is 1. The van der Waals surface area contributed by atoms with E-state index in [1.807, 2.05) is 12.1 Å². The Morgan fingerprint density at radius 3 is 2.78 bits per heavy atom. The predicted octanol–water partition coefficient (Wildman–Crippen LogP) is 4.02. The Morgan fingerprint density at radius 1 is 1.13 bits per heavy atom. The van der Waals surface area contributed by atoms with Crippen LogP contribution in [0.15, 0.2) is 48.5 Å². The van der Waals surface area contributed by atoms with Gasteiger partial charge in [0.25, 0.3) is 0 Å². The number of carbonyl (C=O) groups excluding carboxylic acids is 1. The van der Waals surface area contributed by atoms with E-state index in [0.29, 0.717) is 23.8 Å². The molecular formula is C20H20FNO. The molecule has 2 nitrogen and oxygen atoms in total. The van der Waals surface area contributed by atoms with Crippen LogP contribution < -0.4 is 0 Å². The fourth-order valence-corrected chi connectivity index (χ4v) is 4.09. The molecule has 0 unspecified atom stereocenters. The molecule has 0 aromatic heterocycles. The van der Waals surface area contributed by atoms with E-state index in [1.54, 1.807) is 0 Å². The summed E-state index contributed by atoms with van der Waals surface area (Å²) in [5.74, 6) is 0.554. The first-order chi connectivity index (χ1) is 11.2. The van der Waals surface area contributed by atoms with Crippen molar-refractivity contribution in [3.63, 3.8) is 0 Å². The van der Waals surface area contributed by atoms with Crippen molar-refractivity contribution in [2.75, 3.05) is 13.1 Å². The van der Waals surface area contributed by atoms with E-state index in [0.717, 1.165) is 31.6 Å². The van der Waals surface area contributed by atoms with E-state index in [2.05, 4.69) is 29.2 Å². The van der Waals surface area contributed by atoms with Gasteiger partial charge in [-0.15, -0.1) is 0 Å². The number of nitrogens with zero attached hydrogens (tertiary/aromatic N) is 1. The Kier molecular flexibility index (Phi) is 3.74. The van der Waals surface area contributed by atoms with Gasteiger partial charge >= 0.3 is 0 Å². The molecule has 2 aromatic carbocycles. The molecule has 0 saturated carbocycles. The second-order valence-electron chi connectivity index (χ2n) is 6.73. The van der Waals surface area contributed by atoms with Gasteiger partial charge in [0, 0.05) is 31.0 Å². The first-order valence-corrected chi connectivity index (χ1v) is 8.29. The number of hydrogen-bond acceptors (Lipinski definition) is 2. The van der Waals surface area contributed by atoms with Crippen molar-refractivity contribution in [3.8, 4) is 0 Å². The van der Waals surface area contributed by atoms with Crippen molar-refractivity contribution >= 4 is 5.78 Å². The molecule has 0 amide bonds. The maximum atomic E-state index is 13.5. The Bertz CT molecular complexity index is 728. The van der Waals surface area contributed by atoms with Crippen molar-refractivity contribution < 1.29 is 9.18 Å². The van der Waals surface area contributed by atoms with Gasteiger partial charge in [-0.05, 0) is 42.1 Å². The molecule has 1 aliphatic heterocycles. The van der Waals surface area contributed by atoms with E-state index in [9.17, 15) is 9.18 Å². The summed E-state index contributed by atoms with van der Waals surface area (Å²) in [6, 6.07) is 15.2. The van der Waals surface area contributed by atoms with Crippen molar-refractivity contribution in [1.29, 1.82) is 0 Å². The van der Waals surface area contributed by atoms with Crippen molar-refractivity contribution in [3.05, 3.63) is 71.0 Å². The lowest BCUT2D eigenvalue weighted by molar-refractivity contribution is 0.0859. The predicted molar refractivity (Wildman–Crippen MR) is 87.9 cm³/mol. The molecule has 2 aromatic rings. The maximum Gasteiger partial charge on any atom is 0.163 e. The van der Waals surface area contributed by atoms with Gasteiger partial charge in [-0.3, -0.25) is 9.69 Å². The Labute approximate surface area is 135 Å². The highest BCUT2D eigenvalue weighted by Crippen LogP contribution is 2.41. The summed E-state index contributed by atoms with van der Waals surface area (Å²) in [5, 5.41) is 0. The van der Waals surface area contributed by atoms with Crippen LogP contribution in [0.1, 0.15) is 40.2 Å². The molecule has 1 saturated heterocycles. The van der Waals surface area contributed by atoms with Gasteiger partial charge < -0.3 is 0 Å². The molecule has 1 heterocycles. The highest BCUT2D eigenvalue weighted by Gasteiger charge is 2.37.